The summed E-state index contributed by atoms with van der Waals surface area (Å²) in [7, 11) is 0. The Morgan fingerprint density at radius 1 is 1.42 bits per heavy atom. The summed E-state index contributed by atoms with van der Waals surface area (Å²) in [5, 5.41) is 0. The lowest BCUT2D eigenvalue weighted by molar-refractivity contribution is 0.720. The molecule has 0 aromatic carbocycles. The Hall–Kier alpha value is -1.11. The first-order chi connectivity index (χ1) is 5.61. The molecule has 0 aromatic heterocycles. The molecule has 0 saturated heterocycles. The van der Waals surface area contributed by atoms with Gasteiger partial charge in [0.05, 0.1) is 6.33 Å². The van der Waals surface area contributed by atoms with Crippen molar-refractivity contribution in [3.63, 3.8) is 0 Å². The predicted molar refractivity (Wildman–Crippen MR) is 52.6 cm³/mol. The standard InChI is InChI=1S/C11H15F/c1-5-10(4)11(6-7-12)8-9(2)3/h6-8H,2,4-5H2,1,3H3/b7-6-,11-8+. The smallest absolute Gasteiger partial charge is 0.0872 e. The van der Waals surface area contributed by atoms with Crippen LogP contribution in [0.4, 0.5) is 4.39 Å². The minimum Gasteiger partial charge on any atom is -0.216 e. The SMILES string of the molecule is C=C(C)/C=C(\C=C/F)C(=C)CC. The van der Waals surface area contributed by atoms with Crippen LogP contribution in [0.3, 0.4) is 0 Å². The maximum Gasteiger partial charge on any atom is 0.0872 e. The predicted octanol–water partition coefficient (Wildman–Crippen LogP) is 3.94. The van der Waals surface area contributed by atoms with E-state index >= 15 is 0 Å². The Balaban J connectivity index is 4.66. The fourth-order valence-electron chi connectivity index (χ4n) is 0.805. The van der Waals surface area contributed by atoms with E-state index in [2.05, 4.69) is 13.2 Å². The summed E-state index contributed by atoms with van der Waals surface area (Å²) in [5.41, 5.74) is 2.64. The van der Waals surface area contributed by atoms with E-state index in [1.54, 1.807) is 0 Å². The van der Waals surface area contributed by atoms with Crippen molar-refractivity contribution in [3.8, 4) is 0 Å². The molecule has 0 bridgehead atoms. The normalized spacial score (nSPS) is 12.1. The molecule has 1 heteroatoms. The van der Waals surface area contributed by atoms with Crippen molar-refractivity contribution in [2.45, 2.75) is 20.3 Å². The van der Waals surface area contributed by atoms with Gasteiger partial charge in [-0.05, 0) is 30.6 Å². The van der Waals surface area contributed by atoms with E-state index < -0.39 is 0 Å². The van der Waals surface area contributed by atoms with Gasteiger partial charge in [-0.3, -0.25) is 0 Å². The largest absolute Gasteiger partial charge is 0.216 e. The van der Waals surface area contributed by atoms with Gasteiger partial charge in [-0.25, -0.2) is 4.39 Å². The third-order valence-electron chi connectivity index (χ3n) is 1.48. The lowest BCUT2D eigenvalue weighted by Gasteiger charge is -2.02. The molecule has 0 aliphatic rings. The highest BCUT2D eigenvalue weighted by Gasteiger charge is 1.95. The minimum atomic E-state index is 0.523. The van der Waals surface area contributed by atoms with E-state index in [0.717, 1.165) is 23.1 Å². The molecule has 0 saturated carbocycles. The van der Waals surface area contributed by atoms with E-state index in [-0.39, 0.29) is 0 Å². The van der Waals surface area contributed by atoms with Crippen LogP contribution in [0.5, 0.6) is 0 Å². The third-order valence-corrected chi connectivity index (χ3v) is 1.48. The molecule has 0 aliphatic carbocycles. The number of rotatable bonds is 4. The Kier molecular flexibility index (Phi) is 5.02. The number of halogens is 1. The zero-order valence-electron chi connectivity index (χ0n) is 7.73. The monoisotopic (exact) mass is 166 g/mol. The van der Waals surface area contributed by atoms with E-state index in [1.165, 1.54) is 6.08 Å². The molecular formula is C11H15F. The van der Waals surface area contributed by atoms with Crippen LogP contribution in [0.2, 0.25) is 0 Å². The molecule has 0 rings (SSSR count). The molecule has 0 atom stereocenters. The van der Waals surface area contributed by atoms with Crippen LogP contribution < -0.4 is 0 Å². The average molecular weight is 166 g/mol. The van der Waals surface area contributed by atoms with Gasteiger partial charge in [0.2, 0.25) is 0 Å². The molecule has 0 unspecified atom stereocenters. The summed E-state index contributed by atoms with van der Waals surface area (Å²) in [6.07, 6.45) is 4.57. The Morgan fingerprint density at radius 2 is 2.00 bits per heavy atom. The second-order valence-corrected chi connectivity index (χ2v) is 2.70. The molecular weight excluding hydrogens is 151 g/mol. The van der Waals surface area contributed by atoms with E-state index in [4.69, 9.17) is 0 Å². The highest BCUT2D eigenvalue weighted by molar-refractivity contribution is 5.41. The van der Waals surface area contributed by atoms with Crippen molar-refractivity contribution < 1.29 is 4.39 Å². The quantitative estimate of drug-likeness (QED) is 0.555. The van der Waals surface area contributed by atoms with Crippen molar-refractivity contribution in [2.75, 3.05) is 0 Å². The molecule has 0 N–H and O–H groups in total. The van der Waals surface area contributed by atoms with Gasteiger partial charge in [-0.15, -0.1) is 0 Å². The molecule has 0 fully saturated rings. The Labute approximate surface area is 73.8 Å². The van der Waals surface area contributed by atoms with Gasteiger partial charge in [0.25, 0.3) is 0 Å². The first-order valence-corrected chi connectivity index (χ1v) is 3.94. The van der Waals surface area contributed by atoms with Crippen molar-refractivity contribution in [2.24, 2.45) is 0 Å². The van der Waals surface area contributed by atoms with Gasteiger partial charge in [-0.2, -0.15) is 0 Å². The first-order valence-electron chi connectivity index (χ1n) is 3.94. The van der Waals surface area contributed by atoms with Gasteiger partial charge in [0, 0.05) is 0 Å². The zero-order chi connectivity index (χ0) is 9.56. The highest BCUT2D eigenvalue weighted by Crippen LogP contribution is 2.14. The van der Waals surface area contributed by atoms with E-state index in [0.29, 0.717) is 6.33 Å². The van der Waals surface area contributed by atoms with Crippen LogP contribution >= 0.6 is 0 Å². The first kappa shape index (κ1) is 10.9. The van der Waals surface area contributed by atoms with Crippen molar-refractivity contribution in [1.82, 2.24) is 0 Å². The average Bonchev–Trinajstić information content (AvgIpc) is 2.01. The van der Waals surface area contributed by atoms with Gasteiger partial charge in [0.15, 0.2) is 0 Å². The van der Waals surface area contributed by atoms with Crippen molar-refractivity contribution in [1.29, 1.82) is 0 Å². The molecule has 0 nitrogen and oxygen atoms in total. The Bertz CT molecular complexity index is 231. The molecule has 0 heterocycles. The summed E-state index contributed by atoms with van der Waals surface area (Å²) in [4.78, 5) is 0. The van der Waals surface area contributed by atoms with Gasteiger partial charge >= 0.3 is 0 Å². The van der Waals surface area contributed by atoms with Crippen LogP contribution in [-0.4, -0.2) is 0 Å². The van der Waals surface area contributed by atoms with Gasteiger partial charge < -0.3 is 0 Å². The van der Waals surface area contributed by atoms with Crippen molar-refractivity contribution in [3.05, 3.63) is 48.4 Å². The topological polar surface area (TPSA) is 0 Å². The van der Waals surface area contributed by atoms with Crippen LogP contribution in [0.15, 0.2) is 48.4 Å². The maximum atomic E-state index is 11.9. The molecule has 0 amide bonds. The van der Waals surface area contributed by atoms with Crippen LogP contribution in [-0.2, 0) is 0 Å². The highest BCUT2D eigenvalue weighted by atomic mass is 19.1. The fourth-order valence-corrected chi connectivity index (χ4v) is 0.805. The molecule has 12 heavy (non-hydrogen) atoms. The lowest BCUT2D eigenvalue weighted by Crippen LogP contribution is -1.83. The molecule has 0 aliphatic heterocycles. The van der Waals surface area contributed by atoms with E-state index in [1.807, 2.05) is 19.9 Å². The number of allylic oxidation sites excluding steroid dienone is 5. The number of hydrogen-bond acceptors (Lipinski definition) is 0. The van der Waals surface area contributed by atoms with Crippen LogP contribution in [0, 0.1) is 0 Å². The van der Waals surface area contributed by atoms with E-state index in [9.17, 15) is 4.39 Å². The second kappa shape index (κ2) is 5.53. The van der Waals surface area contributed by atoms with Crippen molar-refractivity contribution >= 4 is 0 Å². The fraction of sp³-hybridized carbons (Fsp3) is 0.273. The zero-order valence-corrected chi connectivity index (χ0v) is 7.73. The van der Waals surface area contributed by atoms with Gasteiger partial charge in [0.1, 0.15) is 0 Å². The van der Waals surface area contributed by atoms with Gasteiger partial charge in [-0.1, -0.05) is 31.7 Å². The Morgan fingerprint density at radius 3 is 2.33 bits per heavy atom. The minimum absolute atomic E-state index is 0.523. The molecule has 66 valence electrons. The summed E-state index contributed by atoms with van der Waals surface area (Å²) in [5.74, 6) is 0. The third kappa shape index (κ3) is 3.91. The second-order valence-electron chi connectivity index (χ2n) is 2.70. The maximum absolute atomic E-state index is 11.9. The number of hydrogen-bond donors (Lipinski definition) is 0. The van der Waals surface area contributed by atoms with Crippen LogP contribution in [0.1, 0.15) is 20.3 Å². The molecule has 0 aromatic rings. The summed E-state index contributed by atoms with van der Waals surface area (Å²) in [6.45, 7) is 11.4. The molecule has 0 radical (unpaired) electrons. The summed E-state index contributed by atoms with van der Waals surface area (Å²) >= 11 is 0. The lowest BCUT2D eigenvalue weighted by atomic mass is 10.0. The summed E-state index contributed by atoms with van der Waals surface area (Å²) in [6, 6.07) is 0. The molecule has 0 spiro atoms. The summed E-state index contributed by atoms with van der Waals surface area (Å²) < 4.78 is 11.9. The van der Waals surface area contributed by atoms with Crippen LogP contribution in [0.25, 0.3) is 0 Å².